The molecule has 0 aromatic heterocycles. The molecule has 0 amide bonds. The lowest BCUT2D eigenvalue weighted by Crippen LogP contribution is -2.20. The molecule has 0 atom stereocenters. The summed E-state index contributed by atoms with van der Waals surface area (Å²) in [6, 6.07) is 6.84. The van der Waals surface area contributed by atoms with E-state index >= 15 is 0 Å². The fraction of sp³-hybridized carbons (Fsp3) is 0.0714. The maximum atomic E-state index is 5.66. The molecule has 1 aliphatic heterocycles. The van der Waals surface area contributed by atoms with Gasteiger partial charge < -0.3 is 5.73 Å². The first-order valence-electron chi connectivity index (χ1n) is 5.49. The number of hydrogen-bond acceptors (Lipinski definition) is 3. The van der Waals surface area contributed by atoms with Gasteiger partial charge in [-0.05, 0) is 24.6 Å². The first-order chi connectivity index (χ1) is 8.22. The van der Waals surface area contributed by atoms with Crippen molar-refractivity contribution in [2.24, 2.45) is 15.7 Å². The second-order valence-corrected chi connectivity index (χ2v) is 4.16. The van der Waals surface area contributed by atoms with E-state index in [9.17, 15) is 0 Å². The summed E-state index contributed by atoms with van der Waals surface area (Å²) in [5.74, 6) is 0.755. The SMILES string of the molecule is Cc1ccc2c(c1)=NC(=C1C=C[C](N)C=C1)N=2. The van der Waals surface area contributed by atoms with Crippen molar-refractivity contribution in [2.45, 2.75) is 6.92 Å². The topological polar surface area (TPSA) is 50.7 Å². The van der Waals surface area contributed by atoms with E-state index in [0.29, 0.717) is 0 Å². The summed E-state index contributed by atoms with van der Waals surface area (Å²) in [5, 5.41) is 1.87. The normalized spacial score (nSPS) is 18.0. The summed E-state index contributed by atoms with van der Waals surface area (Å²) in [6.45, 7) is 2.05. The molecule has 0 saturated carbocycles. The van der Waals surface area contributed by atoms with Gasteiger partial charge in [-0.3, -0.25) is 0 Å². The zero-order chi connectivity index (χ0) is 11.8. The first-order valence-corrected chi connectivity index (χ1v) is 5.49. The second kappa shape index (κ2) is 3.79. The van der Waals surface area contributed by atoms with E-state index in [1.54, 1.807) is 0 Å². The lowest BCUT2D eigenvalue weighted by Gasteiger charge is -2.05. The molecule has 2 N–H and O–H groups in total. The van der Waals surface area contributed by atoms with E-state index in [1.807, 2.05) is 42.5 Å². The molecule has 17 heavy (non-hydrogen) atoms. The highest BCUT2D eigenvalue weighted by molar-refractivity contribution is 5.45. The minimum Gasteiger partial charge on any atom is -0.317 e. The second-order valence-electron chi connectivity index (χ2n) is 4.16. The first kappa shape index (κ1) is 10.2. The van der Waals surface area contributed by atoms with Crippen molar-refractivity contribution in [3.05, 3.63) is 76.2 Å². The molecule has 0 saturated heterocycles. The number of rotatable bonds is 0. The Labute approximate surface area is 99.4 Å². The van der Waals surface area contributed by atoms with Gasteiger partial charge in [0, 0.05) is 5.57 Å². The Bertz CT molecular complexity index is 662. The van der Waals surface area contributed by atoms with Gasteiger partial charge >= 0.3 is 0 Å². The summed E-state index contributed by atoms with van der Waals surface area (Å²) >= 11 is 0. The summed E-state index contributed by atoms with van der Waals surface area (Å²) in [5.41, 5.74) is 7.85. The minimum absolute atomic E-state index is 0.751. The third kappa shape index (κ3) is 1.85. The van der Waals surface area contributed by atoms with Crippen LogP contribution in [0, 0.1) is 13.0 Å². The van der Waals surface area contributed by atoms with Gasteiger partial charge in [-0.2, -0.15) is 0 Å². The van der Waals surface area contributed by atoms with Gasteiger partial charge in [0.25, 0.3) is 0 Å². The highest BCUT2D eigenvalue weighted by Gasteiger charge is 2.08. The largest absolute Gasteiger partial charge is 0.317 e. The van der Waals surface area contributed by atoms with Crippen LogP contribution in [0.2, 0.25) is 0 Å². The summed E-state index contributed by atoms with van der Waals surface area (Å²) in [7, 11) is 0. The number of aryl methyl sites for hydroxylation is 1. The van der Waals surface area contributed by atoms with Gasteiger partial charge in [-0.25, -0.2) is 9.98 Å². The van der Waals surface area contributed by atoms with Crippen molar-refractivity contribution < 1.29 is 0 Å². The van der Waals surface area contributed by atoms with Crippen molar-refractivity contribution in [2.75, 3.05) is 0 Å². The number of hydrogen-bond donors (Lipinski definition) is 1. The molecule has 1 aromatic rings. The van der Waals surface area contributed by atoms with Crippen LogP contribution in [0.1, 0.15) is 5.56 Å². The summed E-state index contributed by atoms with van der Waals surface area (Å²) in [6.07, 6.45) is 7.61. The molecule has 2 aliphatic rings. The molecule has 3 rings (SSSR count). The predicted octanol–water partition coefficient (Wildman–Crippen LogP) is 1.08. The van der Waals surface area contributed by atoms with Crippen LogP contribution in [0.3, 0.4) is 0 Å². The Morgan fingerprint density at radius 1 is 0.941 bits per heavy atom. The molecule has 83 valence electrons. The molecule has 0 fully saturated rings. The molecule has 1 aromatic carbocycles. The van der Waals surface area contributed by atoms with Crippen LogP contribution < -0.4 is 16.4 Å². The number of nitrogens with two attached hydrogens (primary N) is 1. The summed E-state index contributed by atoms with van der Waals surface area (Å²) in [4.78, 5) is 9.02. The highest BCUT2D eigenvalue weighted by Crippen LogP contribution is 2.17. The molecular formula is C14H12N3. The molecule has 0 bridgehead atoms. The van der Waals surface area contributed by atoms with Crippen LogP contribution in [-0.4, -0.2) is 0 Å². The standard InChI is InChI=1S/C14H12N3/c1-9-2-7-12-13(8-9)17-14(16-12)10-3-5-11(15)6-4-10/h2-8H,15H2,1H3. The molecule has 1 heterocycles. The number of benzene rings is 1. The third-order valence-corrected chi connectivity index (χ3v) is 2.75. The average Bonchev–Trinajstić information content (AvgIpc) is 2.72. The fourth-order valence-electron chi connectivity index (χ4n) is 1.83. The Hall–Kier alpha value is -2.00. The van der Waals surface area contributed by atoms with Gasteiger partial charge in [0.1, 0.15) is 0 Å². The van der Waals surface area contributed by atoms with E-state index in [4.69, 9.17) is 5.73 Å². The lowest BCUT2D eigenvalue weighted by atomic mass is 10.1. The van der Waals surface area contributed by atoms with E-state index in [0.717, 1.165) is 28.2 Å². The van der Waals surface area contributed by atoms with Crippen LogP contribution in [-0.2, 0) is 0 Å². The van der Waals surface area contributed by atoms with Crippen LogP contribution in [0.4, 0.5) is 0 Å². The lowest BCUT2D eigenvalue weighted by molar-refractivity contribution is 1.16. The van der Waals surface area contributed by atoms with Crippen molar-refractivity contribution in [3.8, 4) is 0 Å². The van der Waals surface area contributed by atoms with Crippen LogP contribution in [0.25, 0.3) is 0 Å². The van der Waals surface area contributed by atoms with E-state index in [1.165, 1.54) is 5.56 Å². The van der Waals surface area contributed by atoms with Crippen molar-refractivity contribution in [1.82, 2.24) is 0 Å². The predicted molar refractivity (Wildman–Crippen MR) is 66.2 cm³/mol. The van der Waals surface area contributed by atoms with E-state index in [2.05, 4.69) is 16.9 Å². The molecule has 0 unspecified atom stereocenters. The number of fused-ring (bicyclic) bond motifs is 1. The van der Waals surface area contributed by atoms with E-state index in [-0.39, 0.29) is 0 Å². The Balaban J connectivity index is 2.13. The molecule has 3 nitrogen and oxygen atoms in total. The van der Waals surface area contributed by atoms with Gasteiger partial charge in [-0.15, -0.1) is 0 Å². The van der Waals surface area contributed by atoms with Crippen molar-refractivity contribution in [3.63, 3.8) is 0 Å². The van der Waals surface area contributed by atoms with Gasteiger partial charge in [0.15, 0.2) is 5.82 Å². The zero-order valence-corrected chi connectivity index (χ0v) is 9.51. The van der Waals surface area contributed by atoms with Gasteiger partial charge in [-0.1, -0.05) is 30.4 Å². The van der Waals surface area contributed by atoms with Crippen molar-refractivity contribution in [1.29, 1.82) is 0 Å². The average molecular weight is 222 g/mol. The zero-order valence-electron chi connectivity index (χ0n) is 9.51. The quantitative estimate of drug-likeness (QED) is 0.701. The monoisotopic (exact) mass is 222 g/mol. The minimum atomic E-state index is 0.751. The molecule has 1 aliphatic carbocycles. The van der Waals surface area contributed by atoms with E-state index < -0.39 is 0 Å². The van der Waals surface area contributed by atoms with Gasteiger partial charge in [0.05, 0.1) is 16.8 Å². The molecule has 3 heteroatoms. The Morgan fingerprint density at radius 2 is 1.65 bits per heavy atom. The number of allylic oxidation sites excluding steroid dienone is 3. The maximum absolute atomic E-state index is 5.66. The Morgan fingerprint density at radius 3 is 2.41 bits per heavy atom. The molecule has 0 spiro atoms. The number of nitrogens with zero attached hydrogens (tertiary/aromatic N) is 2. The summed E-state index contributed by atoms with van der Waals surface area (Å²) < 4.78 is 0. The van der Waals surface area contributed by atoms with Crippen LogP contribution in [0.5, 0.6) is 0 Å². The van der Waals surface area contributed by atoms with Crippen LogP contribution in [0.15, 0.2) is 63.9 Å². The highest BCUT2D eigenvalue weighted by atomic mass is 15.0. The van der Waals surface area contributed by atoms with Crippen molar-refractivity contribution >= 4 is 0 Å². The fourth-order valence-corrected chi connectivity index (χ4v) is 1.83. The molecule has 1 radical (unpaired) electrons. The van der Waals surface area contributed by atoms with Crippen LogP contribution >= 0.6 is 0 Å². The smallest absolute Gasteiger partial charge is 0.160 e. The Kier molecular flexibility index (Phi) is 2.27. The maximum Gasteiger partial charge on any atom is 0.160 e. The third-order valence-electron chi connectivity index (χ3n) is 2.75. The van der Waals surface area contributed by atoms with Gasteiger partial charge in [0.2, 0.25) is 0 Å². The molecular weight excluding hydrogens is 210 g/mol.